The van der Waals surface area contributed by atoms with Crippen LogP contribution in [0.25, 0.3) is 0 Å². The van der Waals surface area contributed by atoms with Crippen LogP contribution >= 0.6 is 0 Å². The summed E-state index contributed by atoms with van der Waals surface area (Å²) < 4.78 is 14.7. The highest BCUT2D eigenvalue weighted by Crippen LogP contribution is 2.17. The summed E-state index contributed by atoms with van der Waals surface area (Å²) in [4.78, 5) is 23.2. The van der Waals surface area contributed by atoms with E-state index in [0.29, 0.717) is 5.57 Å². The molecule has 0 aliphatic heterocycles. The maximum Gasteiger partial charge on any atom is 0.508 e. The molecule has 0 aliphatic carbocycles. The smallest absolute Gasteiger partial charge is 0.457 e. The van der Waals surface area contributed by atoms with Crippen LogP contribution in [-0.2, 0) is 19.0 Å². The van der Waals surface area contributed by atoms with E-state index >= 15 is 0 Å². The number of ether oxygens (including phenoxy) is 3. The van der Waals surface area contributed by atoms with Crippen molar-refractivity contribution < 1.29 is 23.8 Å². The molecule has 0 saturated heterocycles. The van der Waals surface area contributed by atoms with Crippen molar-refractivity contribution in [1.29, 1.82) is 0 Å². The molecule has 110 valence electrons. The van der Waals surface area contributed by atoms with Crippen LogP contribution in [0.4, 0.5) is 4.79 Å². The molecule has 0 N–H and O–H groups in total. The van der Waals surface area contributed by atoms with Crippen LogP contribution in [0.2, 0.25) is 0 Å². The molecule has 5 heteroatoms. The summed E-state index contributed by atoms with van der Waals surface area (Å²) in [5.41, 5.74) is -0.284. The van der Waals surface area contributed by atoms with Crippen molar-refractivity contribution in [2.75, 3.05) is 7.11 Å². The summed E-state index contributed by atoms with van der Waals surface area (Å²) in [6.45, 7) is 10.8. The average Bonchev–Trinajstić information content (AvgIpc) is 2.22. The molecule has 0 radical (unpaired) electrons. The molecule has 19 heavy (non-hydrogen) atoms. The summed E-state index contributed by atoms with van der Waals surface area (Å²) in [6.07, 6.45) is 0.178. The second-order valence-electron chi connectivity index (χ2n) is 5.58. The minimum Gasteiger partial charge on any atom is -0.457 e. The lowest BCUT2D eigenvalue weighted by atomic mass is 10.0. The van der Waals surface area contributed by atoms with Gasteiger partial charge in [-0.25, -0.2) is 9.59 Å². The predicted octanol–water partition coefficient (Wildman–Crippen LogP) is 3.08. The van der Waals surface area contributed by atoms with Crippen molar-refractivity contribution in [2.24, 2.45) is 5.92 Å². The molecule has 0 amide bonds. The molecule has 0 rings (SSSR count). The molecule has 0 saturated carbocycles. The molecule has 0 spiro atoms. The first-order chi connectivity index (χ1) is 8.56. The van der Waals surface area contributed by atoms with Gasteiger partial charge in [-0.15, -0.1) is 0 Å². The van der Waals surface area contributed by atoms with E-state index in [4.69, 9.17) is 9.47 Å². The first-order valence-electron chi connectivity index (χ1n) is 6.26. The van der Waals surface area contributed by atoms with E-state index in [-0.39, 0.29) is 5.92 Å². The lowest BCUT2D eigenvalue weighted by molar-refractivity contribution is -0.151. The van der Waals surface area contributed by atoms with Gasteiger partial charge >= 0.3 is 12.1 Å². The van der Waals surface area contributed by atoms with Gasteiger partial charge in [0.25, 0.3) is 0 Å². The fourth-order valence-electron chi connectivity index (χ4n) is 1.32. The van der Waals surface area contributed by atoms with Crippen LogP contribution in [-0.4, -0.2) is 30.9 Å². The first-order valence-corrected chi connectivity index (χ1v) is 6.26. The summed E-state index contributed by atoms with van der Waals surface area (Å²) in [5, 5.41) is 0. The van der Waals surface area contributed by atoms with Crippen molar-refractivity contribution in [2.45, 2.75) is 53.2 Å². The Morgan fingerprint density at radius 1 is 1.11 bits per heavy atom. The molecule has 0 aromatic rings. The highest BCUT2D eigenvalue weighted by Gasteiger charge is 2.26. The Bertz CT molecular complexity index is 349. The molecule has 0 aromatic carbocycles. The van der Waals surface area contributed by atoms with Crippen LogP contribution in [0.5, 0.6) is 0 Å². The molecule has 0 bridgehead atoms. The number of rotatable bonds is 4. The Labute approximate surface area is 114 Å². The van der Waals surface area contributed by atoms with Gasteiger partial charge in [0.1, 0.15) is 11.7 Å². The highest BCUT2D eigenvalue weighted by molar-refractivity contribution is 5.90. The number of carbonyl (C=O) groups is 2. The van der Waals surface area contributed by atoms with Gasteiger partial charge in [0, 0.05) is 0 Å². The van der Waals surface area contributed by atoms with Gasteiger partial charge in [0.2, 0.25) is 0 Å². The van der Waals surface area contributed by atoms with Crippen molar-refractivity contribution >= 4 is 12.1 Å². The van der Waals surface area contributed by atoms with E-state index in [1.165, 1.54) is 7.11 Å². The van der Waals surface area contributed by atoms with Crippen LogP contribution in [0.15, 0.2) is 11.6 Å². The number of hydrogen-bond donors (Lipinski definition) is 0. The minimum atomic E-state index is -0.828. The molecule has 5 nitrogen and oxygen atoms in total. The van der Waals surface area contributed by atoms with Crippen LogP contribution in [0.1, 0.15) is 41.5 Å². The maximum absolute atomic E-state index is 12.1. The van der Waals surface area contributed by atoms with Crippen LogP contribution in [0, 0.1) is 5.92 Å². The lowest BCUT2D eigenvalue weighted by Crippen LogP contribution is -2.30. The van der Waals surface area contributed by atoms with E-state index in [1.54, 1.807) is 33.8 Å². The normalized spacial score (nSPS) is 14.0. The standard InChI is InChI=1S/C14H24O5/c1-9(2)8-11(10(3)18-13(16)17-7)12(15)19-14(4,5)6/h8-10H,1-7H3/b11-8+/t10-/m0/s1. The lowest BCUT2D eigenvalue weighted by Gasteiger charge is -2.23. The van der Waals surface area contributed by atoms with Crippen LogP contribution < -0.4 is 0 Å². The number of allylic oxidation sites excluding steroid dienone is 1. The van der Waals surface area contributed by atoms with Crippen molar-refractivity contribution in [3.63, 3.8) is 0 Å². The fourth-order valence-corrected chi connectivity index (χ4v) is 1.32. The molecule has 1 atom stereocenters. The molecule has 0 fully saturated rings. The topological polar surface area (TPSA) is 61.8 Å². The Balaban J connectivity index is 5.02. The van der Waals surface area contributed by atoms with Gasteiger partial charge in [0.05, 0.1) is 12.7 Å². The van der Waals surface area contributed by atoms with Gasteiger partial charge < -0.3 is 14.2 Å². The van der Waals surface area contributed by atoms with Crippen molar-refractivity contribution in [1.82, 2.24) is 0 Å². The van der Waals surface area contributed by atoms with Gasteiger partial charge in [-0.3, -0.25) is 0 Å². The quantitative estimate of drug-likeness (QED) is 0.581. The SMILES string of the molecule is COC(=O)O[C@@H](C)/C(=C\C(C)C)C(=O)OC(C)(C)C. The van der Waals surface area contributed by atoms with Gasteiger partial charge in [-0.1, -0.05) is 19.9 Å². The molecule has 0 aliphatic rings. The zero-order chi connectivity index (χ0) is 15.2. The third kappa shape index (κ3) is 7.49. The third-order valence-electron chi connectivity index (χ3n) is 2.03. The number of methoxy groups -OCH3 is 1. The van der Waals surface area contributed by atoms with Gasteiger partial charge in [0.15, 0.2) is 0 Å². The van der Waals surface area contributed by atoms with E-state index < -0.39 is 23.8 Å². The Hall–Kier alpha value is -1.52. The Kier molecular flexibility index (Phi) is 6.59. The minimum absolute atomic E-state index is 0.131. The molecular formula is C14H24O5. The molecule has 0 aromatic heterocycles. The average molecular weight is 272 g/mol. The summed E-state index contributed by atoms with van der Waals surface area (Å²) >= 11 is 0. The number of hydrogen-bond acceptors (Lipinski definition) is 5. The number of carbonyl (C=O) groups excluding carboxylic acids is 2. The predicted molar refractivity (Wildman–Crippen MR) is 71.7 cm³/mol. The monoisotopic (exact) mass is 272 g/mol. The van der Waals surface area contributed by atoms with Gasteiger partial charge in [-0.2, -0.15) is 0 Å². The third-order valence-corrected chi connectivity index (χ3v) is 2.03. The van der Waals surface area contributed by atoms with E-state index in [2.05, 4.69) is 4.74 Å². The van der Waals surface area contributed by atoms with Crippen molar-refractivity contribution in [3.8, 4) is 0 Å². The molecule has 0 heterocycles. The van der Waals surface area contributed by atoms with Gasteiger partial charge in [-0.05, 0) is 33.6 Å². The zero-order valence-corrected chi connectivity index (χ0v) is 12.8. The second kappa shape index (κ2) is 7.16. The van der Waals surface area contributed by atoms with Crippen molar-refractivity contribution in [3.05, 3.63) is 11.6 Å². The second-order valence-corrected chi connectivity index (χ2v) is 5.58. The summed E-state index contributed by atoms with van der Waals surface area (Å²) in [7, 11) is 1.22. The summed E-state index contributed by atoms with van der Waals surface area (Å²) in [5.74, 6) is -0.358. The summed E-state index contributed by atoms with van der Waals surface area (Å²) in [6, 6.07) is 0. The fraction of sp³-hybridized carbons (Fsp3) is 0.714. The Morgan fingerprint density at radius 3 is 2.00 bits per heavy atom. The molecular weight excluding hydrogens is 248 g/mol. The van der Waals surface area contributed by atoms with E-state index in [0.717, 1.165) is 0 Å². The number of esters is 1. The zero-order valence-electron chi connectivity index (χ0n) is 12.8. The first kappa shape index (κ1) is 17.5. The largest absolute Gasteiger partial charge is 0.508 e. The van der Waals surface area contributed by atoms with E-state index in [1.807, 2.05) is 13.8 Å². The van der Waals surface area contributed by atoms with E-state index in [9.17, 15) is 9.59 Å². The van der Waals surface area contributed by atoms with Crippen LogP contribution in [0.3, 0.4) is 0 Å². The molecule has 0 unspecified atom stereocenters. The Morgan fingerprint density at radius 2 is 1.63 bits per heavy atom. The maximum atomic E-state index is 12.1. The highest BCUT2D eigenvalue weighted by atomic mass is 16.7.